The maximum atomic E-state index is 11.6. The van der Waals surface area contributed by atoms with E-state index in [0.717, 1.165) is 11.1 Å². The molecule has 5 heteroatoms. The highest BCUT2D eigenvalue weighted by molar-refractivity contribution is 6.31. The van der Waals surface area contributed by atoms with Crippen molar-refractivity contribution < 1.29 is 9.53 Å². The number of hydrogen-bond acceptors (Lipinski definition) is 3. The number of allylic oxidation sites excluding steroid dienone is 1. The first-order valence-corrected chi connectivity index (χ1v) is 7.45. The Bertz CT molecular complexity index is 712. The van der Waals surface area contributed by atoms with Crippen molar-refractivity contribution in [3.8, 4) is 5.75 Å². The highest BCUT2D eigenvalue weighted by Crippen LogP contribution is 2.20. The Kier molecular flexibility index (Phi) is 6.39. The third-order valence-electron chi connectivity index (χ3n) is 2.94. The van der Waals surface area contributed by atoms with Crippen LogP contribution < -0.4 is 10.2 Å². The van der Waals surface area contributed by atoms with Gasteiger partial charge in [0.2, 0.25) is 0 Å². The summed E-state index contributed by atoms with van der Waals surface area (Å²) >= 11 is 5.93. The van der Waals surface area contributed by atoms with E-state index in [1.807, 2.05) is 43.3 Å². The molecule has 1 N–H and O–H groups in total. The molecule has 0 radical (unpaired) electrons. The van der Waals surface area contributed by atoms with Gasteiger partial charge < -0.3 is 4.74 Å². The van der Waals surface area contributed by atoms with Crippen LogP contribution in [0, 0.1) is 6.92 Å². The van der Waals surface area contributed by atoms with Crippen molar-refractivity contribution in [2.24, 2.45) is 5.10 Å². The largest absolute Gasteiger partial charge is 0.484 e. The Balaban J connectivity index is 1.73. The van der Waals surface area contributed by atoms with Gasteiger partial charge in [-0.05, 0) is 42.3 Å². The maximum absolute atomic E-state index is 11.6. The lowest BCUT2D eigenvalue weighted by Crippen LogP contribution is -2.24. The minimum Gasteiger partial charge on any atom is -0.484 e. The number of nitrogens with zero attached hydrogens (tertiary/aromatic N) is 1. The molecule has 0 unspecified atom stereocenters. The summed E-state index contributed by atoms with van der Waals surface area (Å²) in [6.07, 6.45) is 5.15. The molecule has 118 valence electrons. The van der Waals surface area contributed by atoms with Gasteiger partial charge >= 0.3 is 0 Å². The van der Waals surface area contributed by atoms with Gasteiger partial charge in [-0.15, -0.1) is 0 Å². The molecule has 0 atom stereocenters. The fraction of sp³-hybridized carbons (Fsp3) is 0.111. The van der Waals surface area contributed by atoms with E-state index < -0.39 is 0 Å². The number of carbonyl (C=O) groups excluding carboxylic acids is 1. The number of benzene rings is 2. The number of amides is 1. The summed E-state index contributed by atoms with van der Waals surface area (Å²) in [7, 11) is 0. The van der Waals surface area contributed by atoms with Crippen LogP contribution in [0.2, 0.25) is 5.02 Å². The standard InChI is InChI=1S/C18H17ClN2O2/c1-14-12-16(9-10-17(14)19)23-13-18(22)21-20-11-5-8-15-6-3-2-4-7-15/h2-12H,13H2,1H3,(H,21,22)/b8-5+,20-11+. The van der Waals surface area contributed by atoms with E-state index in [0.29, 0.717) is 10.8 Å². The summed E-state index contributed by atoms with van der Waals surface area (Å²) in [4.78, 5) is 11.6. The summed E-state index contributed by atoms with van der Waals surface area (Å²) in [6, 6.07) is 15.0. The van der Waals surface area contributed by atoms with E-state index in [1.165, 1.54) is 6.21 Å². The van der Waals surface area contributed by atoms with Crippen LogP contribution in [0.1, 0.15) is 11.1 Å². The van der Waals surface area contributed by atoms with Gasteiger partial charge in [0, 0.05) is 11.2 Å². The molecule has 2 rings (SSSR count). The van der Waals surface area contributed by atoms with Crippen LogP contribution in [0.4, 0.5) is 0 Å². The number of halogens is 1. The van der Waals surface area contributed by atoms with Crippen molar-refractivity contribution in [1.29, 1.82) is 0 Å². The van der Waals surface area contributed by atoms with Gasteiger partial charge in [-0.3, -0.25) is 4.79 Å². The average Bonchev–Trinajstić information content (AvgIpc) is 2.56. The van der Waals surface area contributed by atoms with Crippen LogP contribution in [0.3, 0.4) is 0 Å². The fourth-order valence-electron chi connectivity index (χ4n) is 1.76. The maximum Gasteiger partial charge on any atom is 0.277 e. The van der Waals surface area contributed by atoms with E-state index in [1.54, 1.807) is 24.3 Å². The average molecular weight is 329 g/mol. The Morgan fingerprint density at radius 3 is 2.78 bits per heavy atom. The molecule has 2 aromatic carbocycles. The molecule has 0 heterocycles. The van der Waals surface area contributed by atoms with Gasteiger partial charge in [-0.2, -0.15) is 5.10 Å². The monoisotopic (exact) mass is 328 g/mol. The molecule has 0 saturated carbocycles. The lowest BCUT2D eigenvalue weighted by molar-refractivity contribution is -0.123. The van der Waals surface area contributed by atoms with Gasteiger partial charge in [0.05, 0.1) is 0 Å². The van der Waals surface area contributed by atoms with Gasteiger partial charge in [-0.1, -0.05) is 48.0 Å². The number of carbonyl (C=O) groups is 1. The van der Waals surface area contributed by atoms with E-state index in [4.69, 9.17) is 16.3 Å². The third-order valence-corrected chi connectivity index (χ3v) is 3.36. The van der Waals surface area contributed by atoms with Gasteiger partial charge in [0.15, 0.2) is 6.61 Å². The summed E-state index contributed by atoms with van der Waals surface area (Å²) in [5.41, 5.74) is 4.35. The van der Waals surface area contributed by atoms with Crippen molar-refractivity contribution in [2.45, 2.75) is 6.92 Å². The molecular formula is C18H17ClN2O2. The molecule has 0 aliphatic rings. The first-order chi connectivity index (χ1) is 11.1. The third kappa shape index (κ3) is 5.96. The van der Waals surface area contributed by atoms with Crippen molar-refractivity contribution in [1.82, 2.24) is 5.43 Å². The zero-order valence-corrected chi connectivity index (χ0v) is 13.5. The molecule has 0 fully saturated rings. The predicted octanol–water partition coefficient (Wildman–Crippen LogP) is 3.84. The predicted molar refractivity (Wildman–Crippen MR) is 93.8 cm³/mol. The summed E-state index contributed by atoms with van der Waals surface area (Å²) < 4.78 is 5.37. The van der Waals surface area contributed by atoms with Crippen LogP contribution in [0.5, 0.6) is 5.75 Å². The zero-order chi connectivity index (χ0) is 16.5. The van der Waals surface area contributed by atoms with Crippen LogP contribution in [-0.4, -0.2) is 18.7 Å². The van der Waals surface area contributed by atoms with Crippen LogP contribution in [-0.2, 0) is 4.79 Å². The normalized spacial score (nSPS) is 11.0. The van der Waals surface area contributed by atoms with E-state index in [-0.39, 0.29) is 12.5 Å². The summed E-state index contributed by atoms with van der Waals surface area (Å²) in [6.45, 7) is 1.76. The van der Waals surface area contributed by atoms with E-state index in [2.05, 4.69) is 10.5 Å². The van der Waals surface area contributed by atoms with Gasteiger partial charge in [0.1, 0.15) is 5.75 Å². The number of hydrazone groups is 1. The Morgan fingerprint density at radius 1 is 1.26 bits per heavy atom. The highest BCUT2D eigenvalue weighted by Gasteiger charge is 2.02. The zero-order valence-electron chi connectivity index (χ0n) is 12.7. The van der Waals surface area contributed by atoms with E-state index >= 15 is 0 Å². The molecule has 23 heavy (non-hydrogen) atoms. The molecule has 0 aromatic heterocycles. The first kappa shape index (κ1) is 16.8. The first-order valence-electron chi connectivity index (χ1n) is 7.08. The molecule has 0 bridgehead atoms. The molecule has 4 nitrogen and oxygen atoms in total. The van der Waals surface area contributed by atoms with Crippen LogP contribution in [0.25, 0.3) is 6.08 Å². The van der Waals surface area contributed by atoms with Crippen molar-refractivity contribution >= 4 is 29.8 Å². The second-order valence-corrected chi connectivity index (χ2v) is 5.19. The Labute approximate surface area is 140 Å². The molecule has 0 spiro atoms. The number of aryl methyl sites for hydroxylation is 1. The lowest BCUT2D eigenvalue weighted by atomic mass is 10.2. The SMILES string of the molecule is Cc1cc(OCC(=O)N/N=C/C=C/c2ccccc2)ccc1Cl. The summed E-state index contributed by atoms with van der Waals surface area (Å²) in [5.74, 6) is 0.261. The molecule has 0 aliphatic carbocycles. The van der Waals surface area contributed by atoms with Crippen LogP contribution in [0.15, 0.2) is 59.7 Å². The lowest BCUT2D eigenvalue weighted by Gasteiger charge is -2.06. The van der Waals surface area contributed by atoms with E-state index in [9.17, 15) is 4.79 Å². The molecule has 0 saturated heterocycles. The molecular weight excluding hydrogens is 312 g/mol. The second kappa shape index (κ2) is 8.76. The molecule has 1 amide bonds. The Hall–Kier alpha value is -2.59. The minimum atomic E-state index is -0.332. The number of nitrogens with one attached hydrogen (secondary N) is 1. The topological polar surface area (TPSA) is 50.7 Å². The van der Waals surface area contributed by atoms with Gasteiger partial charge in [-0.25, -0.2) is 5.43 Å². The molecule has 2 aromatic rings. The van der Waals surface area contributed by atoms with Crippen LogP contribution >= 0.6 is 11.6 Å². The number of ether oxygens (including phenoxy) is 1. The molecule has 0 aliphatic heterocycles. The van der Waals surface area contributed by atoms with Crippen molar-refractivity contribution in [3.63, 3.8) is 0 Å². The second-order valence-electron chi connectivity index (χ2n) is 4.78. The number of hydrogen-bond donors (Lipinski definition) is 1. The smallest absolute Gasteiger partial charge is 0.277 e. The quantitative estimate of drug-likeness (QED) is 0.647. The fourth-order valence-corrected chi connectivity index (χ4v) is 1.88. The van der Waals surface area contributed by atoms with Crippen molar-refractivity contribution in [3.05, 3.63) is 70.8 Å². The number of rotatable bonds is 6. The summed E-state index contributed by atoms with van der Waals surface area (Å²) in [5, 5.41) is 4.48. The highest BCUT2D eigenvalue weighted by atomic mass is 35.5. The Morgan fingerprint density at radius 2 is 2.04 bits per heavy atom. The van der Waals surface area contributed by atoms with Crippen molar-refractivity contribution in [2.75, 3.05) is 6.61 Å². The van der Waals surface area contributed by atoms with Gasteiger partial charge in [0.25, 0.3) is 5.91 Å². The minimum absolute atomic E-state index is 0.110.